The number of nitrogens with one attached hydrogen (secondary N) is 2. The Bertz CT molecular complexity index is 481. The number of anilines is 1. The van der Waals surface area contributed by atoms with Crippen molar-refractivity contribution in [2.24, 2.45) is 5.92 Å². The fourth-order valence-corrected chi connectivity index (χ4v) is 2.98. The van der Waals surface area contributed by atoms with Crippen molar-refractivity contribution in [1.29, 1.82) is 0 Å². The van der Waals surface area contributed by atoms with Gasteiger partial charge in [0, 0.05) is 18.8 Å². The Hall–Kier alpha value is -1.07. The largest absolute Gasteiger partial charge is 0.385 e. The molecule has 0 radical (unpaired) electrons. The van der Waals surface area contributed by atoms with E-state index in [4.69, 9.17) is 0 Å². The van der Waals surface area contributed by atoms with Crippen LogP contribution in [-0.2, 0) is 10.0 Å². The highest BCUT2D eigenvalue weighted by Crippen LogP contribution is 2.14. The minimum Gasteiger partial charge on any atom is -0.385 e. The molecule has 1 rings (SSSR count). The second kappa shape index (κ2) is 8.27. The highest BCUT2D eigenvalue weighted by molar-refractivity contribution is 7.89. The molecule has 0 unspecified atom stereocenters. The minimum absolute atomic E-state index is 0.310. The van der Waals surface area contributed by atoms with Crippen molar-refractivity contribution in [2.45, 2.75) is 44.9 Å². The third-order valence-electron chi connectivity index (χ3n) is 3.04. The SMILES string of the molecule is CCNS(=O)(=O)c1ccc(NCCCCC(C)C)cc1. The van der Waals surface area contributed by atoms with Gasteiger partial charge in [-0.2, -0.15) is 0 Å². The Balaban J connectivity index is 2.43. The van der Waals surface area contributed by atoms with E-state index >= 15 is 0 Å². The maximum atomic E-state index is 11.8. The number of hydrogen-bond acceptors (Lipinski definition) is 3. The summed E-state index contributed by atoms with van der Waals surface area (Å²) < 4.78 is 26.0. The molecular formula is C15H26N2O2S. The monoisotopic (exact) mass is 298 g/mol. The lowest BCUT2D eigenvalue weighted by Gasteiger charge is -2.09. The maximum absolute atomic E-state index is 11.8. The second-order valence-corrected chi connectivity index (χ2v) is 7.11. The quantitative estimate of drug-likeness (QED) is 0.688. The van der Waals surface area contributed by atoms with E-state index in [0.717, 1.165) is 24.6 Å². The smallest absolute Gasteiger partial charge is 0.240 e. The van der Waals surface area contributed by atoms with Crippen LogP contribution in [0.25, 0.3) is 0 Å². The van der Waals surface area contributed by atoms with Crippen molar-refractivity contribution in [3.05, 3.63) is 24.3 Å². The molecule has 0 saturated carbocycles. The van der Waals surface area contributed by atoms with Crippen LogP contribution in [0, 0.1) is 5.92 Å². The Labute approximate surface area is 123 Å². The number of benzene rings is 1. The molecule has 0 aromatic heterocycles. The van der Waals surface area contributed by atoms with Crippen LogP contribution in [0.2, 0.25) is 0 Å². The van der Waals surface area contributed by atoms with Gasteiger partial charge in [0.15, 0.2) is 0 Å². The predicted molar refractivity (Wildman–Crippen MR) is 84.5 cm³/mol. The van der Waals surface area contributed by atoms with E-state index in [1.165, 1.54) is 12.8 Å². The molecule has 0 amide bonds. The Morgan fingerprint density at radius 3 is 2.30 bits per heavy atom. The first-order valence-corrected chi connectivity index (χ1v) is 8.77. The molecule has 0 aliphatic carbocycles. The summed E-state index contributed by atoms with van der Waals surface area (Å²) in [5.74, 6) is 0.755. The highest BCUT2D eigenvalue weighted by atomic mass is 32.2. The number of hydrogen-bond donors (Lipinski definition) is 2. The number of rotatable bonds is 9. The summed E-state index contributed by atoms with van der Waals surface area (Å²) in [4.78, 5) is 0.310. The second-order valence-electron chi connectivity index (χ2n) is 5.34. The number of unbranched alkanes of at least 4 members (excludes halogenated alkanes) is 1. The lowest BCUT2D eigenvalue weighted by atomic mass is 10.1. The molecule has 1 aromatic carbocycles. The van der Waals surface area contributed by atoms with Gasteiger partial charge >= 0.3 is 0 Å². The van der Waals surface area contributed by atoms with Crippen LogP contribution >= 0.6 is 0 Å². The summed E-state index contributed by atoms with van der Waals surface area (Å²) in [5.41, 5.74) is 0.963. The molecule has 0 heterocycles. The lowest BCUT2D eigenvalue weighted by molar-refractivity contribution is 0.545. The van der Waals surface area contributed by atoms with E-state index < -0.39 is 10.0 Å². The summed E-state index contributed by atoms with van der Waals surface area (Å²) >= 11 is 0. The van der Waals surface area contributed by atoms with Crippen LogP contribution in [0.5, 0.6) is 0 Å². The van der Waals surface area contributed by atoms with Crippen molar-refractivity contribution < 1.29 is 8.42 Å². The molecule has 0 aliphatic rings. The molecule has 0 atom stereocenters. The summed E-state index contributed by atoms with van der Waals surface area (Å²) in [6, 6.07) is 6.89. The maximum Gasteiger partial charge on any atom is 0.240 e. The van der Waals surface area contributed by atoms with Gasteiger partial charge in [0.1, 0.15) is 0 Å². The van der Waals surface area contributed by atoms with E-state index in [1.807, 2.05) is 12.1 Å². The van der Waals surface area contributed by atoms with Gasteiger partial charge in [-0.25, -0.2) is 13.1 Å². The van der Waals surface area contributed by atoms with Gasteiger partial charge in [0.05, 0.1) is 4.90 Å². The van der Waals surface area contributed by atoms with Crippen LogP contribution in [0.3, 0.4) is 0 Å². The fourth-order valence-electron chi connectivity index (χ4n) is 1.94. The van der Waals surface area contributed by atoms with Crippen LogP contribution in [0.15, 0.2) is 29.2 Å². The van der Waals surface area contributed by atoms with Gasteiger partial charge in [-0.15, -0.1) is 0 Å². The van der Waals surface area contributed by atoms with Gasteiger partial charge in [0.25, 0.3) is 0 Å². The highest BCUT2D eigenvalue weighted by Gasteiger charge is 2.11. The Morgan fingerprint density at radius 2 is 1.75 bits per heavy atom. The summed E-state index contributed by atoms with van der Waals surface area (Å²) in [6.07, 6.45) is 3.61. The van der Waals surface area contributed by atoms with Crippen molar-refractivity contribution >= 4 is 15.7 Å². The molecule has 0 bridgehead atoms. The van der Waals surface area contributed by atoms with Crippen LogP contribution in [0.4, 0.5) is 5.69 Å². The molecule has 114 valence electrons. The van der Waals surface area contributed by atoms with Crippen molar-refractivity contribution in [3.8, 4) is 0 Å². The predicted octanol–water partition coefficient (Wildman–Crippen LogP) is 3.22. The first kappa shape index (κ1) is 17.0. The van der Waals surface area contributed by atoms with Gasteiger partial charge < -0.3 is 5.32 Å². The molecule has 0 fully saturated rings. The molecule has 2 N–H and O–H groups in total. The summed E-state index contributed by atoms with van der Waals surface area (Å²) in [7, 11) is -3.34. The molecule has 20 heavy (non-hydrogen) atoms. The van der Waals surface area contributed by atoms with Crippen molar-refractivity contribution in [3.63, 3.8) is 0 Å². The van der Waals surface area contributed by atoms with Crippen LogP contribution < -0.4 is 10.0 Å². The van der Waals surface area contributed by atoms with Gasteiger partial charge in [-0.3, -0.25) is 0 Å². The molecule has 0 saturated heterocycles. The third kappa shape index (κ3) is 5.92. The molecule has 1 aromatic rings. The van der Waals surface area contributed by atoms with E-state index in [1.54, 1.807) is 19.1 Å². The van der Waals surface area contributed by atoms with Crippen molar-refractivity contribution in [2.75, 3.05) is 18.4 Å². The minimum atomic E-state index is -3.34. The summed E-state index contributed by atoms with van der Waals surface area (Å²) in [6.45, 7) is 7.56. The zero-order valence-corrected chi connectivity index (χ0v) is 13.5. The van der Waals surface area contributed by atoms with E-state index in [0.29, 0.717) is 11.4 Å². The zero-order chi connectivity index (χ0) is 15.0. The Kier molecular flexibility index (Phi) is 7.02. The molecule has 0 spiro atoms. The van der Waals surface area contributed by atoms with Crippen LogP contribution in [-0.4, -0.2) is 21.5 Å². The molecular weight excluding hydrogens is 272 g/mol. The van der Waals surface area contributed by atoms with Gasteiger partial charge in [-0.05, 0) is 36.6 Å². The average molecular weight is 298 g/mol. The fraction of sp³-hybridized carbons (Fsp3) is 0.600. The third-order valence-corrected chi connectivity index (χ3v) is 4.60. The van der Waals surface area contributed by atoms with Crippen LogP contribution in [0.1, 0.15) is 40.0 Å². The Morgan fingerprint density at radius 1 is 1.10 bits per heavy atom. The van der Waals surface area contributed by atoms with Crippen molar-refractivity contribution in [1.82, 2.24) is 4.72 Å². The van der Waals surface area contributed by atoms with Gasteiger partial charge in [-0.1, -0.05) is 33.6 Å². The normalized spacial score (nSPS) is 11.8. The first-order valence-electron chi connectivity index (χ1n) is 7.29. The van der Waals surface area contributed by atoms with Gasteiger partial charge in [0.2, 0.25) is 10.0 Å². The van der Waals surface area contributed by atoms with E-state index in [-0.39, 0.29) is 0 Å². The molecule has 5 heteroatoms. The zero-order valence-electron chi connectivity index (χ0n) is 12.6. The average Bonchev–Trinajstić information content (AvgIpc) is 2.38. The van der Waals surface area contributed by atoms with E-state index in [9.17, 15) is 8.42 Å². The first-order chi connectivity index (χ1) is 9.45. The topological polar surface area (TPSA) is 58.2 Å². The molecule has 0 aliphatic heterocycles. The summed E-state index contributed by atoms with van der Waals surface area (Å²) in [5, 5.41) is 3.31. The molecule has 4 nitrogen and oxygen atoms in total. The standard InChI is InChI=1S/C15H26N2O2S/c1-4-17-20(18,19)15-10-8-14(9-11-15)16-12-6-5-7-13(2)3/h8-11,13,16-17H,4-7,12H2,1-3H3. The number of sulfonamides is 1. The van der Waals surface area contributed by atoms with E-state index in [2.05, 4.69) is 23.9 Å². The lowest BCUT2D eigenvalue weighted by Crippen LogP contribution is -2.23.